The van der Waals surface area contributed by atoms with Crippen molar-refractivity contribution < 1.29 is 13.2 Å². The van der Waals surface area contributed by atoms with Crippen LogP contribution in [0.25, 0.3) is 0 Å². The highest BCUT2D eigenvalue weighted by Gasteiger charge is 2.28. The summed E-state index contributed by atoms with van der Waals surface area (Å²) in [4.78, 5) is 24.9. The second kappa shape index (κ2) is 9.76. The van der Waals surface area contributed by atoms with Crippen molar-refractivity contribution in [1.29, 1.82) is 0 Å². The van der Waals surface area contributed by atoms with Gasteiger partial charge < -0.3 is 5.32 Å². The molecule has 3 heterocycles. The number of amides is 1. The first-order chi connectivity index (χ1) is 15.4. The average Bonchev–Trinajstić information content (AvgIpc) is 3.13. The van der Waals surface area contributed by atoms with Crippen LogP contribution in [0.4, 0.5) is 0 Å². The van der Waals surface area contributed by atoms with Gasteiger partial charge >= 0.3 is 5.69 Å². The number of rotatable bonds is 7. The zero-order valence-corrected chi connectivity index (χ0v) is 19.5. The first-order valence-corrected chi connectivity index (χ1v) is 12.9. The maximum atomic E-state index is 13.0. The van der Waals surface area contributed by atoms with E-state index in [1.807, 2.05) is 0 Å². The van der Waals surface area contributed by atoms with Gasteiger partial charge in [-0.25, -0.2) is 17.9 Å². The standard InChI is InChI=1S/C21H28ClN5O4S/c22-17-9-8-16(15-18(17)32(30,31)25-11-3-1-4-12-25)20(28)23-10-6-14-27-21(29)26-13-5-2-7-19(26)24-27/h8-9,15H,1-7,10-14H2,(H,23,28). The van der Waals surface area contributed by atoms with Crippen LogP contribution in [0.15, 0.2) is 27.9 Å². The Morgan fingerprint density at radius 3 is 2.59 bits per heavy atom. The predicted octanol–water partition coefficient (Wildman–Crippen LogP) is 2.03. The number of piperidine rings is 1. The van der Waals surface area contributed by atoms with Gasteiger partial charge in [0.1, 0.15) is 10.7 Å². The number of halogens is 1. The van der Waals surface area contributed by atoms with Crippen molar-refractivity contribution in [2.45, 2.75) is 62.9 Å². The van der Waals surface area contributed by atoms with E-state index in [4.69, 9.17) is 11.6 Å². The van der Waals surface area contributed by atoms with Crippen molar-refractivity contribution in [2.24, 2.45) is 0 Å². The van der Waals surface area contributed by atoms with E-state index >= 15 is 0 Å². The van der Waals surface area contributed by atoms with Gasteiger partial charge in [0.05, 0.1) is 5.02 Å². The van der Waals surface area contributed by atoms with E-state index in [9.17, 15) is 18.0 Å². The number of fused-ring (bicyclic) bond motifs is 1. The molecule has 174 valence electrons. The predicted molar refractivity (Wildman–Crippen MR) is 120 cm³/mol. The lowest BCUT2D eigenvalue weighted by molar-refractivity contribution is 0.0952. The van der Waals surface area contributed by atoms with Crippen LogP contribution in [-0.2, 0) is 29.5 Å². The SMILES string of the molecule is O=C(NCCCn1nc2n(c1=O)CCCC2)c1ccc(Cl)c(S(=O)(=O)N2CCCCC2)c1. The molecule has 2 aliphatic heterocycles. The molecule has 32 heavy (non-hydrogen) atoms. The summed E-state index contributed by atoms with van der Waals surface area (Å²) in [6, 6.07) is 4.30. The van der Waals surface area contributed by atoms with Crippen LogP contribution >= 0.6 is 11.6 Å². The Balaban J connectivity index is 1.37. The van der Waals surface area contributed by atoms with E-state index in [1.54, 1.807) is 4.57 Å². The van der Waals surface area contributed by atoms with Crippen LogP contribution < -0.4 is 11.0 Å². The fourth-order valence-corrected chi connectivity index (χ4v) is 6.23. The van der Waals surface area contributed by atoms with Crippen LogP contribution in [-0.4, -0.2) is 52.6 Å². The van der Waals surface area contributed by atoms with Crippen molar-refractivity contribution in [1.82, 2.24) is 24.0 Å². The Labute approximate surface area is 192 Å². The fourth-order valence-electron chi connectivity index (χ4n) is 4.21. The largest absolute Gasteiger partial charge is 0.352 e. The lowest BCUT2D eigenvalue weighted by Gasteiger charge is -2.26. The molecule has 0 spiro atoms. The summed E-state index contributed by atoms with van der Waals surface area (Å²) < 4.78 is 30.6. The van der Waals surface area contributed by atoms with Crippen molar-refractivity contribution in [3.63, 3.8) is 0 Å². The lowest BCUT2D eigenvalue weighted by atomic mass is 10.2. The molecule has 0 bridgehead atoms. The first kappa shape index (κ1) is 23.0. The average molecular weight is 482 g/mol. The van der Waals surface area contributed by atoms with Gasteiger partial charge in [-0.15, -0.1) is 0 Å². The summed E-state index contributed by atoms with van der Waals surface area (Å²) in [7, 11) is -3.74. The smallest absolute Gasteiger partial charge is 0.345 e. The molecule has 2 aliphatic rings. The van der Waals surface area contributed by atoms with Crippen LogP contribution in [0.2, 0.25) is 5.02 Å². The van der Waals surface area contributed by atoms with Gasteiger partial charge in [-0.1, -0.05) is 18.0 Å². The van der Waals surface area contributed by atoms with Gasteiger partial charge in [0, 0.05) is 44.7 Å². The van der Waals surface area contributed by atoms with E-state index in [-0.39, 0.29) is 27.1 Å². The van der Waals surface area contributed by atoms with Crippen molar-refractivity contribution in [2.75, 3.05) is 19.6 Å². The summed E-state index contributed by atoms with van der Waals surface area (Å²) in [5, 5.41) is 7.28. The van der Waals surface area contributed by atoms with Gasteiger partial charge in [-0.3, -0.25) is 9.36 Å². The number of hydrogen-bond donors (Lipinski definition) is 1. The molecule has 0 radical (unpaired) electrons. The number of carbonyl (C=O) groups excluding carboxylic acids is 1. The number of nitrogens with one attached hydrogen (secondary N) is 1. The zero-order chi connectivity index (χ0) is 22.7. The second-order valence-corrected chi connectivity index (χ2v) is 10.6. The molecule has 1 N–H and O–H groups in total. The number of hydrogen-bond acceptors (Lipinski definition) is 5. The third-order valence-corrected chi connectivity index (χ3v) is 8.37. The molecule has 9 nitrogen and oxygen atoms in total. The molecule has 11 heteroatoms. The van der Waals surface area contributed by atoms with Crippen molar-refractivity contribution >= 4 is 27.5 Å². The highest BCUT2D eigenvalue weighted by Crippen LogP contribution is 2.27. The second-order valence-electron chi connectivity index (χ2n) is 8.25. The monoisotopic (exact) mass is 481 g/mol. The Morgan fingerprint density at radius 2 is 1.84 bits per heavy atom. The van der Waals surface area contributed by atoms with Crippen molar-refractivity contribution in [3.05, 3.63) is 45.1 Å². The fraction of sp³-hybridized carbons (Fsp3) is 0.571. The highest BCUT2D eigenvalue weighted by molar-refractivity contribution is 7.89. The number of aromatic nitrogens is 3. The maximum absolute atomic E-state index is 13.0. The van der Waals surface area contributed by atoms with E-state index in [0.29, 0.717) is 39.1 Å². The minimum atomic E-state index is -3.74. The molecule has 0 unspecified atom stereocenters. The Bertz CT molecular complexity index is 1150. The quantitative estimate of drug-likeness (QED) is 0.609. The van der Waals surface area contributed by atoms with E-state index in [1.165, 1.54) is 27.2 Å². The molecule has 4 rings (SSSR count). The van der Waals surface area contributed by atoms with Gasteiger partial charge in [0.25, 0.3) is 5.91 Å². The molecule has 0 aliphatic carbocycles. The zero-order valence-electron chi connectivity index (χ0n) is 17.9. The third-order valence-electron chi connectivity index (χ3n) is 5.99. The summed E-state index contributed by atoms with van der Waals surface area (Å²) in [5.41, 5.74) is 0.135. The lowest BCUT2D eigenvalue weighted by Crippen LogP contribution is -2.36. The summed E-state index contributed by atoms with van der Waals surface area (Å²) >= 11 is 6.18. The molecule has 1 saturated heterocycles. The molecule has 2 aromatic rings. The van der Waals surface area contributed by atoms with Crippen LogP contribution in [0.3, 0.4) is 0 Å². The van der Waals surface area contributed by atoms with Crippen molar-refractivity contribution in [3.8, 4) is 0 Å². The van der Waals surface area contributed by atoms with Gasteiger partial charge in [0.2, 0.25) is 10.0 Å². The van der Waals surface area contributed by atoms with E-state index < -0.39 is 10.0 Å². The van der Waals surface area contributed by atoms with Crippen LogP contribution in [0.1, 0.15) is 54.7 Å². The Kier molecular flexibility index (Phi) is 7.02. The Morgan fingerprint density at radius 1 is 1.09 bits per heavy atom. The molecule has 0 atom stereocenters. The van der Waals surface area contributed by atoms with Crippen LogP contribution in [0, 0.1) is 0 Å². The Hall–Kier alpha value is -2.17. The topological polar surface area (TPSA) is 106 Å². The normalized spacial score (nSPS) is 17.2. The van der Waals surface area contributed by atoms with Crippen LogP contribution in [0.5, 0.6) is 0 Å². The molecular formula is C21H28ClN5O4S. The highest BCUT2D eigenvalue weighted by atomic mass is 35.5. The van der Waals surface area contributed by atoms with Gasteiger partial charge in [0.15, 0.2) is 0 Å². The third kappa shape index (κ3) is 4.77. The summed E-state index contributed by atoms with van der Waals surface area (Å²) in [6.45, 7) is 2.39. The maximum Gasteiger partial charge on any atom is 0.345 e. The van der Waals surface area contributed by atoms with E-state index in [2.05, 4.69) is 10.4 Å². The summed E-state index contributed by atoms with van der Waals surface area (Å²) in [6.07, 6.45) is 6.04. The molecular weight excluding hydrogens is 454 g/mol. The minimum absolute atomic E-state index is 0.0381. The molecule has 1 amide bonds. The van der Waals surface area contributed by atoms with E-state index in [0.717, 1.165) is 44.3 Å². The first-order valence-electron chi connectivity index (χ1n) is 11.1. The molecule has 1 fully saturated rings. The number of benzene rings is 1. The molecule has 1 aromatic carbocycles. The molecule has 0 saturated carbocycles. The van der Waals surface area contributed by atoms with Gasteiger partial charge in [-0.2, -0.15) is 9.40 Å². The minimum Gasteiger partial charge on any atom is -0.352 e. The van der Waals surface area contributed by atoms with Gasteiger partial charge in [-0.05, 0) is 50.3 Å². The number of aryl methyl sites for hydroxylation is 2. The molecule has 1 aromatic heterocycles. The number of sulfonamides is 1. The summed E-state index contributed by atoms with van der Waals surface area (Å²) in [5.74, 6) is 0.446. The number of nitrogens with zero attached hydrogens (tertiary/aromatic N) is 4. The number of carbonyl (C=O) groups is 1.